The summed E-state index contributed by atoms with van der Waals surface area (Å²) in [4.78, 5) is 33.5. The number of anilines is 1. The van der Waals surface area contributed by atoms with E-state index in [1.165, 1.54) is 12.3 Å². The third-order valence-corrected chi connectivity index (χ3v) is 3.86. The minimum atomic E-state index is -0.534. The number of nitrogens with one attached hydrogen (secondary N) is 1. The van der Waals surface area contributed by atoms with Gasteiger partial charge in [-0.1, -0.05) is 13.0 Å². The highest BCUT2D eigenvalue weighted by molar-refractivity contribution is 6.20. The van der Waals surface area contributed by atoms with E-state index in [0.29, 0.717) is 17.9 Å². The van der Waals surface area contributed by atoms with Gasteiger partial charge in [-0.15, -0.1) is 0 Å². The van der Waals surface area contributed by atoms with E-state index in [1.807, 2.05) is 19.9 Å². The summed E-state index contributed by atoms with van der Waals surface area (Å²) in [6.07, 6.45) is 1.95. The Morgan fingerprint density at radius 2 is 2.08 bits per heavy atom. The quantitative estimate of drug-likeness (QED) is 0.839. The zero-order valence-electron chi connectivity index (χ0n) is 14.1. The van der Waals surface area contributed by atoms with Crippen molar-refractivity contribution in [1.82, 2.24) is 15.3 Å². The Kier molecular flexibility index (Phi) is 4.51. The van der Waals surface area contributed by atoms with Gasteiger partial charge in [-0.05, 0) is 25.0 Å². The Hall–Kier alpha value is -3.16. The number of carbonyl (C=O) groups excluding carboxylic acids is 2. The van der Waals surface area contributed by atoms with Gasteiger partial charge in [0.1, 0.15) is 17.5 Å². The molecule has 1 saturated heterocycles. The number of rotatable bonds is 5. The summed E-state index contributed by atoms with van der Waals surface area (Å²) in [5.74, 6) is 0.994. The molecule has 0 radical (unpaired) electrons. The number of amides is 3. The maximum absolute atomic E-state index is 12.3. The first-order chi connectivity index (χ1) is 12.0. The van der Waals surface area contributed by atoms with Crippen molar-refractivity contribution in [2.75, 3.05) is 12.0 Å². The van der Waals surface area contributed by atoms with Gasteiger partial charge in [0.25, 0.3) is 5.91 Å². The highest BCUT2D eigenvalue weighted by Crippen LogP contribution is 2.27. The molecule has 0 saturated carbocycles. The van der Waals surface area contributed by atoms with E-state index in [1.54, 1.807) is 19.2 Å². The van der Waals surface area contributed by atoms with E-state index < -0.39 is 12.1 Å². The molecule has 2 aromatic rings. The fraction of sp³-hybridized carbons (Fsp3) is 0.294. The summed E-state index contributed by atoms with van der Waals surface area (Å²) in [6, 6.07) is 5.80. The van der Waals surface area contributed by atoms with Gasteiger partial charge in [0.15, 0.2) is 5.82 Å². The van der Waals surface area contributed by atoms with Gasteiger partial charge >= 0.3 is 12.0 Å². The zero-order valence-corrected chi connectivity index (χ0v) is 14.1. The lowest BCUT2D eigenvalue weighted by molar-refractivity contribution is -0.118. The summed E-state index contributed by atoms with van der Waals surface area (Å²) in [7, 11) is 1.57. The molecular formula is C17H18N4O4. The zero-order chi connectivity index (χ0) is 18.0. The smallest absolute Gasteiger partial charge is 0.330 e. The van der Waals surface area contributed by atoms with Crippen LogP contribution >= 0.6 is 0 Å². The third kappa shape index (κ3) is 3.23. The third-order valence-electron chi connectivity index (χ3n) is 3.86. The summed E-state index contributed by atoms with van der Waals surface area (Å²) in [6.45, 7) is 3.74. The normalized spacial score (nSPS) is 16.8. The number of hydrogen-bond acceptors (Lipinski definition) is 6. The number of ether oxygens (including phenoxy) is 2. The molecule has 1 fully saturated rings. The van der Waals surface area contributed by atoms with Crippen molar-refractivity contribution in [3.05, 3.63) is 36.0 Å². The summed E-state index contributed by atoms with van der Waals surface area (Å²) >= 11 is 0. The molecule has 1 aromatic carbocycles. The van der Waals surface area contributed by atoms with E-state index in [4.69, 9.17) is 9.47 Å². The number of imide groups is 1. The maximum Gasteiger partial charge on any atom is 0.330 e. The Morgan fingerprint density at radius 1 is 1.28 bits per heavy atom. The molecule has 3 rings (SSSR count). The van der Waals surface area contributed by atoms with Crippen molar-refractivity contribution in [3.63, 3.8) is 0 Å². The largest absolute Gasteiger partial charge is 0.496 e. The molecule has 3 amide bonds. The Labute approximate surface area is 144 Å². The van der Waals surface area contributed by atoms with Crippen LogP contribution in [-0.4, -0.2) is 35.1 Å². The van der Waals surface area contributed by atoms with Gasteiger partial charge in [0.05, 0.1) is 7.11 Å². The minimum absolute atomic E-state index is 0.0314. The van der Waals surface area contributed by atoms with Crippen LogP contribution in [0.1, 0.15) is 18.9 Å². The van der Waals surface area contributed by atoms with Crippen LogP contribution in [0.2, 0.25) is 0 Å². The highest BCUT2D eigenvalue weighted by atomic mass is 16.5. The van der Waals surface area contributed by atoms with Gasteiger partial charge in [-0.2, -0.15) is 4.98 Å². The molecule has 8 heteroatoms. The van der Waals surface area contributed by atoms with E-state index >= 15 is 0 Å². The molecule has 130 valence electrons. The number of aryl methyl sites for hydroxylation is 1. The molecule has 1 atom stereocenters. The van der Waals surface area contributed by atoms with E-state index in [2.05, 4.69) is 15.3 Å². The van der Waals surface area contributed by atoms with Crippen LogP contribution in [0.3, 0.4) is 0 Å². The van der Waals surface area contributed by atoms with Crippen LogP contribution < -0.4 is 19.7 Å². The molecule has 1 aliphatic heterocycles. The Balaban J connectivity index is 1.85. The number of hydrogen-bond donors (Lipinski definition) is 1. The van der Waals surface area contributed by atoms with E-state index in [0.717, 1.165) is 10.5 Å². The second-order valence-corrected chi connectivity index (χ2v) is 5.51. The van der Waals surface area contributed by atoms with Crippen molar-refractivity contribution >= 4 is 17.8 Å². The predicted molar refractivity (Wildman–Crippen MR) is 89.9 cm³/mol. The van der Waals surface area contributed by atoms with Crippen LogP contribution in [0.5, 0.6) is 17.5 Å². The van der Waals surface area contributed by atoms with Crippen molar-refractivity contribution in [2.24, 2.45) is 0 Å². The lowest BCUT2D eigenvalue weighted by atomic mass is 10.2. The van der Waals surface area contributed by atoms with E-state index in [-0.39, 0.29) is 17.7 Å². The van der Waals surface area contributed by atoms with Gasteiger partial charge in [0, 0.05) is 18.3 Å². The van der Waals surface area contributed by atoms with Crippen molar-refractivity contribution in [2.45, 2.75) is 26.3 Å². The summed E-state index contributed by atoms with van der Waals surface area (Å²) in [5, 5.41) is 2.61. The average Bonchev–Trinajstić information content (AvgIpc) is 2.90. The van der Waals surface area contributed by atoms with Crippen LogP contribution in [0.25, 0.3) is 0 Å². The molecule has 8 nitrogen and oxygen atoms in total. The SMILES string of the molecule is CC[C@H]1NC(=O)N(c2ccnc(Oc3ccc(C)c(OC)c3)n2)C1=O. The fourth-order valence-electron chi connectivity index (χ4n) is 2.50. The number of carbonyl (C=O) groups is 2. The molecule has 0 spiro atoms. The molecule has 0 bridgehead atoms. The number of methoxy groups -OCH3 is 1. The summed E-state index contributed by atoms with van der Waals surface area (Å²) in [5.41, 5.74) is 0.967. The van der Waals surface area contributed by atoms with Crippen molar-refractivity contribution in [1.29, 1.82) is 0 Å². The fourth-order valence-corrected chi connectivity index (χ4v) is 2.50. The molecule has 1 N–H and O–H groups in total. The van der Waals surface area contributed by atoms with Gasteiger partial charge in [0.2, 0.25) is 0 Å². The minimum Gasteiger partial charge on any atom is -0.496 e. The molecule has 1 aromatic heterocycles. The molecule has 0 unspecified atom stereocenters. The molecule has 1 aliphatic rings. The van der Waals surface area contributed by atoms with Crippen LogP contribution in [0.15, 0.2) is 30.5 Å². The van der Waals surface area contributed by atoms with Crippen LogP contribution in [0, 0.1) is 6.92 Å². The Morgan fingerprint density at radius 3 is 2.76 bits per heavy atom. The van der Waals surface area contributed by atoms with Crippen molar-refractivity contribution < 1.29 is 19.1 Å². The van der Waals surface area contributed by atoms with E-state index in [9.17, 15) is 9.59 Å². The van der Waals surface area contributed by atoms with Gasteiger partial charge < -0.3 is 14.8 Å². The highest BCUT2D eigenvalue weighted by Gasteiger charge is 2.38. The first kappa shape index (κ1) is 16.7. The number of nitrogens with zero attached hydrogens (tertiary/aromatic N) is 3. The first-order valence-electron chi connectivity index (χ1n) is 7.83. The molecule has 2 heterocycles. The van der Waals surface area contributed by atoms with Crippen LogP contribution in [0.4, 0.5) is 10.6 Å². The molecule has 0 aliphatic carbocycles. The summed E-state index contributed by atoms with van der Waals surface area (Å²) < 4.78 is 10.9. The van der Waals surface area contributed by atoms with Gasteiger partial charge in [-0.25, -0.2) is 14.7 Å². The van der Waals surface area contributed by atoms with Crippen LogP contribution in [-0.2, 0) is 4.79 Å². The number of benzene rings is 1. The standard InChI is InChI=1S/C17H18N4O4/c1-4-12-15(22)21(17(23)19-12)14-7-8-18-16(20-14)25-11-6-5-10(2)13(9-11)24-3/h5-9,12H,4H2,1-3H3,(H,19,23)/t12-/m1/s1. The average molecular weight is 342 g/mol. The Bertz CT molecular complexity index is 824. The molecular weight excluding hydrogens is 324 g/mol. The predicted octanol–water partition coefficient (Wildman–Crippen LogP) is 2.42. The lowest BCUT2D eigenvalue weighted by Gasteiger charge is -2.13. The van der Waals surface area contributed by atoms with Crippen molar-refractivity contribution in [3.8, 4) is 17.5 Å². The molecule has 25 heavy (non-hydrogen) atoms. The topological polar surface area (TPSA) is 93.7 Å². The lowest BCUT2D eigenvalue weighted by Crippen LogP contribution is -2.32. The maximum atomic E-state index is 12.3. The monoisotopic (exact) mass is 342 g/mol. The van der Waals surface area contributed by atoms with Gasteiger partial charge in [-0.3, -0.25) is 4.79 Å². The number of aromatic nitrogens is 2. The first-order valence-corrected chi connectivity index (χ1v) is 7.83. The number of urea groups is 1. The second kappa shape index (κ2) is 6.76. The second-order valence-electron chi connectivity index (χ2n) is 5.51.